The Bertz CT molecular complexity index is 764. The van der Waals surface area contributed by atoms with Gasteiger partial charge in [-0.15, -0.1) is 0 Å². The third-order valence-electron chi connectivity index (χ3n) is 3.03. The Balaban J connectivity index is 1.91. The van der Waals surface area contributed by atoms with E-state index in [4.69, 9.17) is 10.3 Å². The first kappa shape index (κ1) is 14.0. The van der Waals surface area contributed by atoms with Crippen molar-refractivity contribution in [3.05, 3.63) is 40.8 Å². The first-order valence-corrected chi connectivity index (χ1v) is 7.29. The molecule has 0 saturated heterocycles. The number of aromatic nitrogens is 4. The number of rotatable bonds is 4. The van der Waals surface area contributed by atoms with Gasteiger partial charge in [0.25, 0.3) is 5.89 Å². The maximum atomic E-state index is 5.51. The Morgan fingerprint density at radius 2 is 2.24 bits per heavy atom. The summed E-state index contributed by atoms with van der Waals surface area (Å²) in [5.41, 5.74) is 8.20. The molecule has 0 unspecified atom stereocenters. The van der Waals surface area contributed by atoms with Gasteiger partial charge in [-0.05, 0) is 24.6 Å². The van der Waals surface area contributed by atoms with Gasteiger partial charge in [0, 0.05) is 29.3 Å². The molecule has 3 aromatic rings. The first-order chi connectivity index (χ1) is 10.2. The minimum atomic E-state index is 0.397. The zero-order valence-corrected chi connectivity index (χ0v) is 13.0. The molecule has 21 heavy (non-hydrogen) atoms. The molecule has 0 saturated carbocycles. The Morgan fingerprint density at radius 1 is 1.38 bits per heavy atom. The highest BCUT2D eigenvalue weighted by Gasteiger charge is 2.14. The van der Waals surface area contributed by atoms with Crippen molar-refractivity contribution in [2.75, 3.05) is 6.54 Å². The fourth-order valence-electron chi connectivity index (χ4n) is 1.98. The lowest BCUT2D eigenvalue weighted by Crippen LogP contribution is -2.07. The highest BCUT2D eigenvalue weighted by atomic mass is 79.9. The van der Waals surface area contributed by atoms with Crippen molar-refractivity contribution in [2.24, 2.45) is 5.73 Å². The van der Waals surface area contributed by atoms with Crippen LogP contribution in [0.4, 0.5) is 0 Å². The zero-order valence-electron chi connectivity index (χ0n) is 11.5. The molecule has 0 aliphatic heterocycles. The summed E-state index contributed by atoms with van der Waals surface area (Å²) in [6.07, 6.45) is 3.54. The Labute approximate surface area is 130 Å². The molecule has 0 radical (unpaired) electrons. The van der Waals surface area contributed by atoms with E-state index in [2.05, 4.69) is 31.1 Å². The van der Waals surface area contributed by atoms with Crippen LogP contribution >= 0.6 is 15.9 Å². The number of aryl methyl sites for hydroxylation is 1. The third kappa shape index (κ3) is 2.88. The van der Waals surface area contributed by atoms with E-state index >= 15 is 0 Å². The summed E-state index contributed by atoms with van der Waals surface area (Å²) in [4.78, 5) is 8.65. The second-order valence-corrected chi connectivity index (χ2v) is 5.55. The van der Waals surface area contributed by atoms with Gasteiger partial charge >= 0.3 is 0 Å². The van der Waals surface area contributed by atoms with Crippen LogP contribution in [0.5, 0.6) is 0 Å². The van der Waals surface area contributed by atoms with E-state index in [1.54, 1.807) is 6.33 Å². The lowest BCUT2D eigenvalue weighted by atomic mass is 10.1. The molecule has 2 heterocycles. The largest absolute Gasteiger partial charge is 0.335 e. The molecule has 2 aromatic heterocycles. The van der Waals surface area contributed by atoms with Crippen LogP contribution in [0.1, 0.15) is 5.56 Å². The minimum absolute atomic E-state index is 0.397. The summed E-state index contributed by atoms with van der Waals surface area (Å²) in [5.74, 6) is 0.929. The van der Waals surface area contributed by atoms with Crippen LogP contribution in [-0.2, 0) is 6.54 Å². The van der Waals surface area contributed by atoms with Crippen LogP contribution in [0, 0.1) is 6.92 Å². The highest BCUT2D eigenvalue weighted by Crippen LogP contribution is 2.28. The predicted octanol–water partition coefficient (Wildman–Crippen LogP) is 2.63. The Kier molecular flexibility index (Phi) is 3.85. The summed E-state index contributed by atoms with van der Waals surface area (Å²) in [5, 5.41) is 4.02. The van der Waals surface area contributed by atoms with Crippen molar-refractivity contribution in [2.45, 2.75) is 13.5 Å². The fourth-order valence-corrected chi connectivity index (χ4v) is 2.65. The average Bonchev–Trinajstić information content (AvgIpc) is 3.08. The number of hydrogen-bond acceptors (Lipinski definition) is 5. The SMILES string of the molecule is Cc1ccc(-c2noc(-c3cn(CCN)cn3)n2)c(Br)c1. The normalized spacial score (nSPS) is 11.0. The average molecular weight is 348 g/mol. The van der Waals surface area contributed by atoms with E-state index in [1.807, 2.05) is 35.9 Å². The van der Waals surface area contributed by atoms with Crippen LogP contribution < -0.4 is 5.73 Å². The van der Waals surface area contributed by atoms with Crippen LogP contribution in [0.15, 0.2) is 39.7 Å². The maximum absolute atomic E-state index is 5.51. The molecule has 0 spiro atoms. The smallest absolute Gasteiger partial charge is 0.278 e. The minimum Gasteiger partial charge on any atom is -0.335 e. The molecule has 0 amide bonds. The number of nitrogens with two attached hydrogens (primary N) is 1. The van der Waals surface area contributed by atoms with Gasteiger partial charge in [-0.25, -0.2) is 4.98 Å². The van der Waals surface area contributed by atoms with Crippen molar-refractivity contribution in [3.63, 3.8) is 0 Å². The van der Waals surface area contributed by atoms with Gasteiger partial charge in [0.1, 0.15) is 5.69 Å². The lowest BCUT2D eigenvalue weighted by Gasteiger charge is -1.99. The fraction of sp³-hybridized carbons (Fsp3) is 0.214. The molecule has 0 fully saturated rings. The monoisotopic (exact) mass is 347 g/mol. The summed E-state index contributed by atoms with van der Waals surface area (Å²) >= 11 is 3.52. The van der Waals surface area contributed by atoms with Crippen LogP contribution in [0.2, 0.25) is 0 Å². The molecule has 6 nitrogen and oxygen atoms in total. The number of benzene rings is 1. The van der Waals surface area contributed by atoms with E-state index in [0.717, 1.165) is 15.6 Å². The molecule has 7 heteroatoms. The zero-order chi connectivity index (χ0) is 14.8. The van der Waals surface area contributed by atoms with Gasteiger partial charge in [-0.1, -0.05) is 27.2 Å². The summed E-state index contributed by atoms with van der Waals surface area (Å²) in [6.45, 7) is 3.29. The topological polar surface area (TPSA) is 82.8 Å². The van der Waals surface area contributed by atoms with Crippen molar-refractivity contribution < 1.29 is 4.52 Å². The Morgan fingerprint density at radius 3 is 3.00 bits per heavy atom. The van der Waals surface area contributed by atoms with Gasteiger partial charge < -0.3 is 14.8 Å². The molecule has 0 bridgehead atoms. The predicted molar refractivity (Wildman–Crippen MR) is 82.4 cm³/mol. The quantitative estimate of drug-likeness (QED) is 0.784. The summed E-state index contributed by atoms with van der Waals surface area (Å²) in [6, 6.07) is 5.98. The molecule has 0 aliphatic carbocycles. The number of nitrogens with zero attached hydrogens (tertiary/aromatic N) is 4. The molecule has 2 N–H and O–H groups in total. The van der Waals surface area contributed by atoms with E-state index in [1.165, 1.54) is 0 Å². The van der Waals surface area contributed by atoms with E-state index < -0.39 is 0 Å². The second-order valence-electron chi connectivity index (χ2n) is 4.69. The standard InChI is InChI=1S/C14H14BrN5O/c1-9-2-3-10(11(15)6-9)13-18-14(21-19-13)12-7-20(5-4-16)8-17-12/h2-3,6-8H,4-5,16H2,1H3. The number of imidazole rings is 1. The van der Waals surface area contributed by atoms with Gasteiger partial charge in [0.15, 0.2) is 0 Å². The van der Waals surface area contributed by atoms with E-state index in [0.29, 0.717) is 30.5 Å². The first-order valence-electron chi connectivity index (χ1n) is 6.50. The van der Waals surface area contributed by atoms with Crippen molar-refractivity contribution in [1.29, 1.82) is 0 Å². The summed E-state index contributed by atoms with van der Waals surface area (Å²) in [7, 11) is 0. The highest BCUT2D eigenvalue weighted by molar-refractivity contribution is 9.10. The van der Waals surface area contributed by atoms with Gasteiger partial charge in [-0.2, -0.15) is 4.98 Å². The van der Waals surface area contributed by atoms with Crippen molar-refractivity contribution in [3.8, 4) is 23.0 Å². The molecular weight excluding hydrogens is 334 g/mol. The van der Waals surface area contributed by atoms with E-state index in [-0.39, 0.29) is 0 Å². The molecule has 0 aliphatic rings. The number of hydrogen-bond donors (Lipinski definition) is 1. The van der Waals surface area contributed by atoms with Gasteiger partial charge in [0.05, 0.1) is 6.33 Å². The third-order valence-corrected chi connectivity index (χ3v) is 3.69. The van der Waals surface area contributed by atoms with Crippen LogP contribution in [0.25, 0.3) is 23.0 Å². The molecular formula is C14H14BrN5O. The molecule has 1 aromatic carbocycles. The van der Waals surface area contributed by atoms with Gasteiger partial charge in [-0.3, -0.25) is 0 Å². The van der Waals surface area contributed by atoms with Crippen LogP contribution in [0.3, 0.4) is 0 Å². The lowest BCUT2D eigenvalue weighted by molar-refractivity contribution is 0.431. The van der Waals surface area contributed by atoms with Crippen molar-refractivity contribution in [1.82, 2.24) is 19.7 Å². The molecule has 0 atom stereocenters. The Hall–Kier alpha value is -1.99. The summed E-state index contributed by atoms with van der Waals surface area (Å²) < 4.78 is 8.12. The molecule has 108 valence electrons. The maximum Gasteiger partial charge on any atom is 0.278 e. The molecule has 3 rings (SSSR count). The van der Waals surface area contributed by atoms with Gasteiger partial charge in [0.2, 0.25) is 5.82 Å². The van der Waals surface area contributed by atoms with Crippen molar-refractivity contribution >= 4 is 15.9 Å². The number of halogens is 1. The van der Waals surface area contributed by atoms with E-state index in [9.17, 15) is 0 Å². The second kappa shape index (κ2) is 5.79. The van der Waals surface area contributed by atoms with Crippen LogP contribution in [-0.4, -0.2) is 26.2 Å².